The van der Waals surface area contributed by atoms with Crippen LogP contribution < -0.4 is 10.2 Å². The third-order valence-corrected chi connectivity index (χ3v) is 4.38. The second-order valence-electron chi connectivity index (χ2n) is 5.57. The second-order valence-corrected chi connectivity index (χ2v) is 5.57. The Morgan fingerprint density at radius 3 is 2.90 bits per heavy atom. The van der Waals surface area contributed by atoms with E-state index in [0.717, 1.165) is 43.7 Å². The largest absolute Gasteiger partial charge is 0.358 e. The number of hydrogen-bond acceptors (Lipinski definition) is 2. The summed E-state index contributed by atoms with van der Waals surface area (Å²) in [5, 5.41) is 3.43. The number of nitrogens with zero attached hydrogens (tertiary/aromatic N) is 1. The lowest BCUT2D eigenvalue weighted by Crippen LogP contribution is -2.55. The Morgan fingerprint density at radius 1 is 1.35 bits per heavy atom. The molecule has 0 bridgehead atoms. The normalized spacial score (nSPS) is 20.6. The van der Waals surface area contributed by atoms with E-state index in [1.54, 1.807) is 12.1 Å². The van der Waals surface area contributed by atoms with Crippen LogP contribution in [0, 0.1) is 5.82 Å². The number of nitrogens with one attached hydrogen (secondary N) is 1. The Balaban J connectivity index is 2.03. The minimum absolute atomic E-state index is 0.0790. The van der Waals surface area contributed by atoms with Crippen LogP contribution in [-0.2, 0) is 0 Å². The van der Waals surface area contributed by atoms with Crippen molar-refractivity contribution in [1.29, 1.82) is 0 Å². The molecule has 1 N–H and O–H groups in total. The van der Waals surface area contributed by atoms with E-state index < -0.39 is 0 Å². The van der Waals surface area contributed by atoms with Crippen LogP contribution >= 0.6 is 0 Å². The monoisotopic (exact) mass is 272 g/mol. The van der Waals surface area contributed by atoms with Crippen LogP contribution in [0.1, 0.15) is 25.3 Å². The molecule has 0 atom stereocenters. The van der Waals surface area contributed by atoms with E-state index in [9.17, 15) is 4.39 Å². The van der Waals surface area contributed by atoms with Gasteiger partial charge in [0.15, 0.2) is 0 Å². The number of fused-ring (bicyclic) bond motifs is 1. The highest BCUT2D eigenvalue weighted by Gasteiger charge is 2.38. The first kappa shape index (κ1) is 13.4. The molecule has 2 heterocycles. The molecule has 1 aromatic carbocycles. The Kier molecular flexibility index (Phi) is 3.62. The minimum atomic E-state index is -0.166. The molecule has 1 saturated heterocycles. The lowest BCUT2D eigenvalue weighted by molar-refractivity contribution is 0.353. The molecule has 106 valence electrons. The van der Waals surface area contributed by atoms with E-state index in [1.165, 1.54) is 0 Å². The zero-order chi connectivity index (χ0) is 14.0. The van der Waals surface area contributed by atoms with Crippen molar-refractivity contribution in [3.05, 3.63) is 47.8 Å². The quantitative estimate of drug-likeness (QED) is 0.831. The summed E-state index contributed by atoms with van der Waals surface area (Å²) in [7, 11) is 0. The van der Waals surface area contributed by atoms with Crippen LogP contribution in [0.15, 0.2) is 36.4 Å². The van der Waals surface area contributed by atoms with E-state index in [-0.39, 0.29) is 11.4 Å². The topological polar surface area (TPSA) is 15.3 Å². The number of benzene rings is 1. The molecular formula is C17H21FN2. The van der Waals surface area contributed by atoms with Gasteiger partial charge >= 0.3 is 0 Å². The molecule has 3 rings (SSSR count). The highest BCUT2D eigenvalue weighted by molar-refractivity contribution is 5.74. The van der Waals surface area contributed by atoms with Crippen LogP contribution in [0.3, 0.4) is 0 Å². The molecule has 2 nitrogen and oxygen atoms in total. The van der Waals surface area contributed by atoms with Gasteiger partial charge in [-0.3, -0.25) is 0 Å². The number of rotatable bonds is 2. The molecule has 3 heteroatoms. The molecule has 0 amide bonds. The first-order chi connectivity index (χ1) is 9.75. The van der Waals surface area contributed by atoms with Crippen molar-refractivity contribution in [3.63, 3.8) is 0 Å². The maximum absolute atomic E-state index is 13.4. The van der Waals surface area contributed by atoms with E-state index in [4.69, 9.17) is 0 Å². The van der Waals surface area contributed by atoms with E-state index >= 15 is 0 Å². The summed E-state index contributed by atoms with van der Waals surface area (Å²) in [6.07, 6.45) is 10.8. The third-order valence-electron chi connectivity index (χ3n) is 4.38. The van der Waals surface area contributed by atoms with Crippen LogP contribution in [0.2, 0.25) is 0 Å². The average Bonchev–Trinajstić information content (AvgIpc) is 2.47. The molecular weight excluding hydrogens is 251 g/mol. The summed E-state index contributed by atoms with van der Waals surface area (Å²) in [5.41, 5.74) is 2.21. The van der Waals surface area contributed by atoms with Gasteiger partial charge in [-0.15, -0.1) is 0 Å². The molecule has 20 heavy (non-hydrogen) atoms. The summed E-state index contributed by atoms with van der Waals surface area (Å²) < 4.78 is 13.4. The predicted octanol–water partition coefficient (Wildman–Crippen LogP) is 3.36. The Morgan fingerprint density at radius 2 is 2.15 bits per heavy atom. The number of hydrogen-bond donors (Lipinski definition) is 1. The molecule has 2 aliphatic heterocycles. The van der Waals surface area contributed by atoms with Crippen LogP contribution in [-0.4, -0.2) is 25.2 Å². The lowest BCUT2D eigenvalue weighted by Gasteiger charge is -2.48. The average molecular weight is 272 g/mol. The van der Waals surface area contributed by atoms with Crippen molar-refractivity contribution in [1.82, 2.24) is 5.32 Å². The summed E-state index contributed by atoms with van der Waals surface area (Å²) in [5.74, 6) is -0.166. The maximum atomic E-state index is 13.4. The van der Waals surface area contributed by atoms with Gasteiger partial charge in [0.1, 0.15) is 5.82 Å². The lowest BCUT2D eigenvalue weighted by atomic mass is 9.82. The molecule has 0 aliphatic carbocycles. The molecule has 0 saturated carbocycles. The fourth-order valence-corrected chi connectivity index (χ4v) is 3.27. The zero-order valence-electron chi connectivity index (χ0n) is 11.9. The van der Waals surface area contributed by atoms with Gasteiger partial charge in [0.2, 0.25) is 0 Å². The van der Waals surface area contributed by atoms with Gasteiger partial charge in [0.25, 0.3) is 0 Å². The van der Waals surface area contributed by atoms with Crippen LogP contribution in [0.5, 0.6) is 0 Å². The molecule has 0 aromatic heterocycles. The van der Waals surface area contributed by atoms with Crippen molar-refractivity contribution in [2.24, 2.45) is 0 Å². The molecule has 1 fully saturated rings. The minimum Gasteiger partial charge on any atom is -0.358 e. The summed E-state index contributed by atoms with van der Waals surface area (Å²) in [6, 6.07) is 5.11. The SMILES string of the molecule is C/C=C/CN1c2ccc(F)cc2C=CC12CCNCC2. The summed E-state index contributed by atoms with van der Waals surface area (Å²) in [4.78, 5) is 2.43. The van der Waals surface area contributed by atoms with E-state index in [1.807, 2.05) is 13.0 Å². The Bertz CT molecular complexity index is 542. The molecule has 0 radical (unpaired) electrons. The van der Waals surface area contributed by atoms with Gasteiger partial charge < -0.3 is 10.2 Å². The molecule has 1 spiro atoms. The highest BCUT2D eigenvalue weighted by atomic mass is 19.1. The predicted molar refractivity (Wildman–Crippen MR) is 82.4 cm³/mol. The number of anilines is 1. The molecule has 0 unspecified atom stereocenters. The van der Waals surface area contributed by atoms with Crippen molar-refractivity contribution >= 4 is 11.8 Å². The number of halogens is 1. The Labute approximate surface area is 120 Å². The second kappa shape index (κ2) is 5.41. The smallest absolute Gasteiger partial charge is 0.123 e. The van der Waals surface area contributed by atoms with Gasteiger partial charge in [-0.1, -0.05) is 24.3 Å². The van der Waals surface area contributed by atoms with Crippen molar-refractivity contribution < 1.29 is 4.39 Å². The van der Waals surface area contributed by atoms with Gasteiger partial charge in [-0.2, -0.15) is 0 Å². The Hall–Kier alpha value is -1.61. The van der Waals surface area contributed by atoms with Crippen molar-refractivity contribution in [2.45, 2.75) is 25.3 Å². The number of allylic oxidation sites excluding steroid dienone is 1. The fraction of sp³-hybridized carbons (Fsp3) is 0.412. The standard InChI is InChI=1S/C17H21FN2/c1-2-3-12-20-16-5-4-15(18)13-14(16)6-7-17(20)8-10-19-11-9-17/h2-7,13,19H,8-12H2,1H3/b3-2+. The van der Waals surface area contributed by atoms with Gasteiger partial charge in [-0.25, -0.2) is 4.39 Å². The third kappa shape index (κ3) is 2.27. The van der Waals surface area contributed by atoms with Crippen LogP contribution in [0.4, 0.5) is 10.1 Å². The molecule has 1 aromatic rings. The maximum Gasteiger partial charge on any atom is 0.123 e. The first-order valence-corrected chi connectivity index (χ1v) is 7.33. The highest BCUT2D eigenvalue weighted by Crippen LogP contribution is 2.39. The molecule has 2 aliphatic rings. The van der Waals surface area contributed by atoms with Gasteiger partial charge in [0.05, 0.1) is 5.54 Å². The van der Waals surface area contributed by atoms with Crippen molar-refractivity contribution in [3.8, 4) is 0 Å². The van der Waals surface area contributed by atoms with Crippen LogP contribution in [0.25, 0.3) is 6.08 Å². The summed E-state index contributed by atoms with van der Waals surface area (Å²) in [6.45, 7) is 4.99. The summed E-state index contributed by atoms with van der Waals surface area (Å²) >= 11 is 0. The fourth-order valence-electron chi connectivity index (χ4n) is 3.27. The van der Waals surface area contributed by atoms with E-state index in [2.05, 4.69) is 34.5 Å². The van der Waals surface area contributed by atoms with Crippen molar-refractivity contribution in [2.75, 3.05) is 24.5 Å². The van der Waals surface area contributed by atoms with E-state index in [0.29, 0.717) is 0 Å². The van der Waals surface area contributed by atoms with Gasteiger partial charge in [-0.05, 0) is 51.1 Å². The zero-order valence-corrected chi connectivity index (χ0v) is 11.9. The first-order valence-electron chi connectivity index (χ1n) is 7.33. The van der Waals surface area contributed by atoms with Gasteiger partial charge in [0, 0.05) is 17.8 Å². The number of piperidine rings is 1.